The van der Waals surface area contributed by atoms with Crippen molar-refractivity contribution in [2.24, 2.45) is 12.8 Å². The summed E-state index contributed by atoms with van der Waals surface area (Å²) in [6.45, 7) is 0. The molecule has 2 aromatic heterocycles. The summed E-state index contributed by atoms with van der Waals surface area (Å²) >= 11 is 1.59. The van der Waals surface area contributed by atoms with Crippen molar-refractivity contribution < 1.29 is 4.39 Å². The van der Waals surface area contributed by atoms with Crippen molar-refractivity contribution in [2.75, 3.05) is 0 Å². The second kappa shape index (κ2) is 4.71. The lowest BCUT2D eigenvalue weighted by Crippen LogP contribution is -2.11. The molecule has 0 fully saturated rings. The van der Waals surface area contributed by atoms with Crippen molar-refractivity contribution in [2.45, 2.75) is 12.5 Å². The van der Waals surface area contributed by atoms with Gasteiger partial charge in [-0.05, 0) is 29.7 Å². The van der Waals surface area contributed by atoms with E-state index < -0.39 is 0 Å². The van der Waals surface area contributed by atoms with E-state index in [1.807, 2.05) is 19.3 Å². The van der Waals surface area contributed by atoms with E-state index in [1.165, 1.54) is 12.1 Å². The monoisotopic (exact) mass is 276 g/mol. The second-order valence-corrected chi connectivity index (χ2v) is 5.64. The summed E-state index contributed by atoms with van der Waals surface area (Å²) in [4.78, 5) is 1.03. The average molecular weight is 276 g/mol. The van der Waals surface area contributed by atoms with Crippen molar-refractivity contribution in [3.63, 3.8) is 0 Å². The summed E-state index contributed by atoms with van der Waals surface area (Å²) in [5.74, 6) is -0.223. The Labute approximate surface area is 113 Å². The summed E-state index contributed by atoms with van der Waals surface area (Å²) in [6, 6.07) is 6.59. The van der Waals surface area contributed by atoms with E-state index in [2.05, 4.69) is 10.3 Å². The minimum absolute atomic E-state index is 0.142. The molecule has 3 rings (SSSR count). The summed E-state index contributed by atoms with van der Waals surface area (Å²) in [6.07, 6.45) is 2.48. The van der Waals surface area contributed by atoms with Crippen molar-refractivity contribution >= 4 is 21.4 Å². The summed E-state index contributed by atoms with van der Waals surface area (Å²) in [7, 11) is 1.82. The van der Waals surface area contributed by atoms with Gasteiger partial charge in [0.1, 0.15) is 5.82 Å². The molecule has 0 saturated carbocycles. The van der Waals surface area contributed by atoms with Gasteiger partial charge >= 0.3 is 0 Å². The van der Waals surface area contributed by atoms with Gasteiger partial charge in [0.05, 0.1) is 5.69 Å². The molecule has 2 heterocycles. The molecule has 0 amide bonds. The third-order valence-corrected chi connectivity index (χ3v) is 4.19. The number of aryl methyl sites for hydroxylation is 1. The van der Waals surface area contributed by atoms with Gasteiger partial charge in [-0.3, -0.25) is 4.68 Å². The first-order valence-corrected chi connectivity index (χ1v) is 6.73. The Morgan fingerprint density at radius 1 is 1.42 bits per heavy atom. The quantitative estimate of drug-likeness (QED) is 0.799. The number of benzene rings is 1. The van der Waals surface area contributed by atoms with Crippen molar-refractivity contribution in [1.29, 1.82) is 0 Å². The van der Waals surface area contributed by atoms with E-state index in [0.717, 1.165) is 20.7 Å². The Bertz CT molecular complexity index is 718. The van der Waals surface area contributed by atoms with Crippen LogP contribution in [0.15, 0.2) is 30.5 Å². The maximum Gasteiger partial charge on any atom is 0.123 e. The number of nitrogens with zero attached hydrogens (tertiary/aromatic N) is 3. The SMILES string of the molecule is Cn1cc(CC(N)c2cc3cc(F)ccc3s2)nn1. The summed E-state index contributed by atoms with van der Waals surface area (Å²) in [5.41, 5.74) is 7.04. The van der Waals surface area contributed by atoms with Gasteiger partial charge in [-0.25, -0.2) is 4.39 Å². The van der Waals surface area contributed by atoms with Crippen molar-refractivity contribution in [1.82, 2.24) is 15.0 Å². The highest BCUT2D eigenvalue weighted by molar-refractivity contribution is 7.19. The number of fused-ring (bicyclic) bond motifs is 1. The first kappa shape index (κ1) is 12.3. The summed E-state index contributed by atoms with van der Waals surface area (Å²) in [5, 5.41) is 8.81. The standard InChI is InChI=1S/C13H13FN4S/c1-18-7-10(16-17-18)6-11(15)13-5-8-4-9(14)2-3-12(8)19-13/h2-5,7,11H,6,15H2,1H3. The number of halogens is 1. The fourth-order valence-corrected chi connectivity index (χ4v) is 3.08. The predicted molar refractivity (Wildman–Crippen MR) is 73.4 cm³/mol. The van der Waals surface area contributed by atoms with Crippen molar-refractivity contribution in [3.8, 4) is 0 Å². The van der Waals surface area contributed by atoms with E-state index in [0.29, 0.717) is 6.42 Å². The fraction of sp³-hybridized carbons (Fsp3) is 0.231. The van der Waals surface area contributed by atoms with Crippen LogP contribution in [0.4, 0.5) is 4.39 Å². The van der Waals surface area contributed by atoms with Crippen LogP contribution in [0.25, 0.3) is 10.1 Å². The molecule has 19 heavy (non-hydrogen) atoms. The minimum atomic E-state index is -0.223. The van der Waals surface area contributed by atoms with E-state index in [9.17, 15) is 4.39 Å². The van der Waals surface area contributed by atoms with Gasteiger partial charge in [0.2, 0.25) is 0 Å². The fourth-order valence-electron chi connectivity index (χ4n) is 2.03. The van der Waals surface area contributed by atoms with Crippen LogP contribution in [-0.2, 0) is 13.5 Å². The Balaban J connectivity index is 1.86. The molecule has 0 aliphatic rings. The lowest BCUT2D eigenvalue weighted by molar-refractivity contribution is 0.630. The first-order valence-electron chi connectivity index (χ1n) is 5.91. The molecule has 0 aliphatic carbocycles. The van der Waals surface area contributed by atoms with Crippen LogP contribution >= 0.6 is 11.3 Å². The number of aromatic nitrogens is 3. The molecule has 1 aromatic carbocycles. The van der Waals surface area contributed by atoms with Gasteiger partial charge in [-0.2, -0.15) is 0 Å². The van der Waals surface area contributed by atoms with Gasteiger partial charge < -0.3 is 5.73 Å². The Kier molecular flexibility index (Phi) is 3.04. The topological polar surface area (TPSA) is 56.7 Å². The molecule has 0 bridgehead atoms. The van der Waals surface area contributed by atoms with Gasteiger partial charge in [0.25, 0.3) is 0 Å². The molecule has 0 saturated heterocycles. The van der Waals surface area contributed by atoms with Gasteiger partial charge in [0.15, 0.2) is 0 Å². The lowest BCUT2D eigenvalue weighted by Gasteiger charge is -2.05. The number of hydrogen-bond acceptors (Lipinski definition) is 4. The predicted octanol–water partition coefficient (Wildman–Crippen LogP) is 2.41. The average Bonchev–Trinajstić information content (AvgIpc) is 2.95. The molecule has 98 valence electrons. The zero-order chi connectivity index (χ0) is 13.4. The molecular weight excluding hydrogens is 263 g/mol. The highest BCUT2D eigenvalue weighted by atomic mass is 32.1. The number of nitrogens with two attached hydrogens (primary N) is 1. The van der Waals surface area contributed by atoms with E-state index in [1.54, 1.807) is 22.1 Å². The molecular formula is C13H13FN4S. The zero-order valence-electron chi connectivity index (χ0n) is 10.4. The molecule has 2 N–H and O–H groups in total. The maximum absolute atomic E-state index is 13.1. The minimum Gasteiger partial charge on any atom is -0.323 e. The van der Waals surface area contributed by atoms with Gasteiger partial charge in [-0.1, -0.05) is 5.21 Å². The van der Waals surface area contributed by atoms with Crippen LogP contribution in [0.2, 0.25) is 0 Å². The van der Waals surface area contributed by atoms with Crippen LogP contribution < -0.4 is 5.73 Å². The molecule has 6 heteroatoms. The van der Waals surface area contributed by atoms with Crippen molar-refractivity contribution in [3.05, 3.63) is 46.9 Å². The highest BCUT2D eigenvalue weighted by Crippen LogP contribution is 2.30. The second-order valence-electron chi connectivity index (χ2n) is 4.53. The third-order valence-electron chi connectivity index (χ3n) is 2.94. The van der Waals surface area contributed by atoms with Gasteiger partial charge in [0, 0.05) is 35.3 Å². The van der Waals surface area contributed by atoms with E-state index >= 15 is 0 Å². The van der Waals surface area contributed by atoms with E-state index in [-0.39, 0.29) is 11.9 Å². The largest absolute Gasteiger partial charge is 0.323 e. The molecule has 1 unspecified atom stereocenters. The molecule has 0 spiro atoms. The third kappa shape index (κ3) is 2.50. The number of thiophene rings is 1. The first-order chi connectivity index (χ1) is 9.11. The molecule has 3 aromatic rings. The van der Waals surface area contributed by atoms with Crippen LogP contribution in [0.5, 0.6) is 0 Å². The zero-order valence-corrected chi connectivity index (χ0v) is 11.2. The van der Waals surface area contributed by atoms with Crippen LogP contribution in [0.3, 0.4) is 0 Å². The highest BCUT2D eigenvalue weighted by Gasteiger charge is 2.13. The normalized spacial score (nSPS) is 13.0. The molecule has 0 aliphatic heterocycles. The Hall–Kier alpha value is -1.79. The van der Waals surface area contributed by atoms with Crippen LogP contribution in [0, 0.1) is 5.82 Å². The number of hydrogen-bond donors (Lipinski definition) is 1. The smallest absolute Gasteiger partial charge is 0.123 e. The lowest BCUT2D eigenvalue weighted by atomic mass is 10.1. The Morgan fingerprint density at radius 2 is 2.26 bits per heavy atom. The maximum atomic E-state index is 13.1. The molecule has 0 radical (unpaired) electrons. The van der Waals surface area contributed by atoms with Gasteiger partial charge in [-0.15, -0.1) is 16.4 Å². The van der Waals surface area contributed by atoms with E-state index in [4.69, 9.17) is 5.73 Å². The van der Waals surface area contributed by atoms with Crippen LogP contribution in [0.1, 0.15) is 16.6 Å². The number of rotatable bonds is 3. The van der Waals surface area contributed by atoms with Crippen LogP contribution in [-0.4, -0.2) is 15.0 Å². The Morgan fingerprint density at radius 3 is 3.00 bits per heavy atom. The molecule has 1 atom stereocenters. The molecule has 4 nitrogen and oxygen atoms in total. The summed E-state index contributed by atoms with van der Waals surface area (Å²) < 4.78 is 15.9.